The number of rotatable bonds is 2. The fraction of sp³-hybridized carbons (Fsp3) is 0.133. The second-order valence-corrected chi connectivity index (χ2v) is 3.89. The van der Waals surface area contributed by atoms with Crippen molar-refractivity contribution in [3.05, 3.63) is 53.6 Å². The second-order valence-electron chi connectivity index (χ2n) is 3.89. The first kappa shape index (κ1) is 11.2. The van der Waals surface area contributed by atoms with Crippen LogP contribution in [0.3, 0.4) is 0 Å². The van der Waals surface area contributed by atoms with Crippen LogP contribution >= 0.6 is 0 Å². The molecule has 2 heteroatoms. The Morgan fingerprint density at radius 2 is 1.76 bits per heavy atom. The smallest absolute Gasteiger partial charge is 0.118 e. The zero-order chi connectivity index (χ0) is 12.3. The van der Waals surface area contributed by atoms with Crippen molar-refractivity contribution >= 4 is 0 Å². The number of methoxy groups -OCH3 is 1. The molecule has 0 aliphatic rings. The van der Waals surface area contributed by atoms with E-state index in [4.69, 9.17) is 10.00 Å². The number of hydrogen-bond acceptors (Lipinski definition) is 2. The standard InChI is InChI=1S/C15H13NO/c1-11-3-8-15(13(9-11)10-16)12-4-6-14(17-2)7-5-12/h3-9H,1-2H3. The zero-order valence-corrected chi connectivity index (χ0v) is 9.90. The van der Waals surface area contributed by atoms with Crippen LogP contribution in [0.5, 0.6) is 5.75 Å². The van der Waals surface area contributed by atoms with Crippen molar-refractivity contribution < 1.29 is 4.74 Å². The largest absolute Gasteiger partial charge is 0.497 e. The van der Waals surface area contributed by atoms with Gasteiger partial charge in [-0.25, -0.2) is 0 Å². The van der Waals surface area contributed by atoms with Gasteiger partial charge < -0.3 is 4.74 Å². The Bertz CT molecular complexity index is 564. The molecule has 2 rings (SSSR count). The summed E-state index contributed by atoms with van der Waals surface area (Å²) in [5.74, 6) is 0.819. The third-order valence-corrected chi connectivity index (χ3v) is 2.70. The molecule has 0 aliphatic heterocycles. The maximum absolute atomic E-state index is 9.13. The molecular weight excluding hydrogens is 210 g/mol. The van der Waals surface area contributed by atoms with Crippen LogP contribution in [-0.2, 0) is 0 Å². The van der Waals surface area contributed by atoms with Crippen LogP contribution in [0.4, 0.5) is 0 Å². The monoisotopic (exact) mass is 223 g/mol. The Kier molecular flexibility index (Phi) is 3.11. The molecule has 17 heavy (non-hydrogen) atoms. The molecule has 0 bridgehead atoms. The second kappa shape index (κ2) is 4.71. The van der Waals surface area contributed by atoms with Crippen molar-refractivity contribution in [2.24, 2.45) is 0 Å². The molecule has 0 spiro atoms. The Morgan fingerprint density at radius 1 is 1.06 bits per heavy atom. The average Bonchev–Trinajstić information content (AvgIpc) is 2.39. The molecule has 84 valence electrons. The number of ether oxygens (including phenoxy) is 1. The molecule has 0 aromatic heterocycles. The quantitative estimate of drug-likeness (QED) is 0.780. The van der Waals surface area contributed by atoms with Gasteiger partial charge in [0.15, 0.2) is 0 Å². The van der Waals surface area contributed by atoms with Crippen LogP contribution in [0.2, 0.25) is 0 Å². The highest BCUT2D eigenvalue weighted by molar-refractivity contribution is 5.71. The minimum Gasteiger partial charge on any atom is -0.497 e. The number of hydrogen-bond donors (Lipinski definition) is 0. The number of nitrogens with zero attached hydrogens (tertiary/aromatic N) is 1. The van der Waals surface area contributed by atoms with Gasteiger partial charge in [-0.3, -0.25) is 0 Å². The third kappa shape index (κ3) is 2.29. The van der Waals surface area contributed by atoms with Gasteiger partial charge in [0.2, 0.25) is 0 Å². The lowest BCUT2D eigenvalue weighted by molar-refractivity contribution is 0.415. The summed E-state index contributed by atoms with van der Waals surface area (Å²) in [6.45, 7) is 1.98. The molecule has 0 atom stereocenters. The van der Waals surface area contributed by atoms with Gasteiger partial charge in [0.1, 0.15) is 5.75 Å². The van der Waals surface area contributed by atoms with Gasteiger partial charge in [-0.1, -0.05) is 24.3 Å². The van der Waals surface area contributed by atoms with Crippen LogP contribution in [0.25, 0.3) is 11.1 Å². The molecule has 0 unspecified atom stereocenters. The molecular formula is C15H13NO. The molecule has 0 heterocycles. The van der Waals surface area contributed by atoms with Crippen molar-refractivity contribution in [2.75, 3.05) is 7.11 Å². The highest BCUT2D eigenvalue weighted by Crippen LogP contribution is 2.26. The van der Waals surface area contributed by atoms with Gasteiger partial charge in [-0.2, -0.15) is 5.26 Å². The summed E-state index contributed by atoms with van der Waals surface area (Å²) in [5.41, 5.74) is 3.79. The highest BCUT2D eigenvalue weighted by Gasteiger charge is 2.04. The van der Waals surface area contributed by atoms with Crippen molar-refractivity contribution in [3.8, 4) is 22.9 Å². The first-order valence-electron chi connectivity index (χ1n) is 5.40. The molecule has 0 aliphatic carbocycles. The minimum atomic E-state index is 0.704. The van der Waals surface area contributed by atoms with E-state index < -0.39 is 0 Å². The summed E-state index contributed by atoms with van der Waals surface area (Å²) in [5, 5.41) is 9.13. The van der Waals surface area contributed by atoms with Crippen molar-refractivity contribution in [1.82, 2.24) is 0 Å². The molecule has 2 aromatic carbocycles. The van der Waals surface area contributed by atoms with Gasteiger partial charge in [0.05, 0.1) is 18.7 Å². The SMILES string of the molecule is COc1ccc(-c2ccc(C)cc2C#N)cc1. The minimum absolute atomic E-state index is 0.704. The number of benzene rings is 2. The Morgan fingerprint density at radius 3 is 2.35 bits per heavy atom. The van der Waals surface area contributed by atoms with Crippen molar-refractivity contribution in [3.63, 3.8) is 0 Å². The van der Waals surface area contributed by atoms with E-state index in [1.54, 1.807) is 7.11 Å². The molecule has 2 aromatic rings. The Labute approximate surface area is 101 Å². The van der Waals surface area contributed by atoms with Crippen LogP contribution in [0.15, 0.2) is 42.5 Å². The molecule has 0 saturated heterocycles. The zero-order valence-electron chi connectivity index (χ0n) is 9.90. The molecule has 0 saturated carbocycles. The lowest BCUT2D eigenvalue weighted by Gasteiger charge is -2.06. The van der Waals surface area contributed by atoms with Gasteiger partial charge in [0, 0.05) is 0 Å². The van der Waals surface area contributed by atoms with E-state index in [1.165, 1.54) is 0 Å². The predicted octanol–water partition coefficient (Wildman–Crippen LogP) is 3.54. The lowest BCUT2D eigenvalue weighted by Crippen LogP contribution is -1.87. The van der Waals surface area contributed by atoms with Crippen molar-refractivity contribution in [1.29, 1.82) is 5.26 Å². The third-order valence-electron chi connectivity index (χ3n) is 2.70. The molecule has 0 amide bonds. The summed E-state index contributed by atoms with van der Waals surface area (Å²) >= 11 is 0. The Balaban J connectivity index is 2.49. The average molecular weight is 223 g/mol. The highest BCUT2D eigenvalue weighted by atomic mass is 16.5. The fourth-order valence-electron chi connectivity index (χ4n) is 1.77. The maximum atomic E-state index is 9.13. The topological polar surface area (TPSA) is 33.0 Å². The predicted molar refractivity (Wildman–Crippen MR) is 67.9 cm³/mol. The normalized spacial score (nSPS) is 9.71. The molecule has 0 radical (unpaired) electrons. The Hall–Kier alpha value is -2.27. The van der Waals surface area contributed by atoms with E-state index in [1.807, 2.05) is 49.4 Å². The summed E-state index contributed by atoms with van der Waals surface area (Å²) in [7, 11) is 1.64. The number of nitriles is 1. The van der Waals surface area contributed by atoms with Gasteiger partial charge in [-0.15, -0.1) is 0 Å². The molecule has 0 fully saturated rings. The summed E-state index contributed by atoms with van der Waals surface area (Å²) in [4.78, 5) is 0. The van der Waals surface area contributed by atoms with Gasteiger partial charge >= 0.3 is 0 Å². The lowest BCUT2D eigenvalue weighted by atomic mass is 9.98. The summed E-state index contributed by atoms with van der Waals surface area (Å²) < 4.78 is 5.12. The summed E-state index contributed by atoms with van der Waals surface area (Å²) in [6.07, 6.45) is 0. The molecule has 0 N–H and O–H groups in total. The molecule has 2 nitrogen and oxygen atoms in total. The van der Waals surface area contributed by atoms with Crippen LogP contribution in [0, 0.1) is 18.3 Å². The van der Waals surface area contributed by atoms with E-state index in [0.717, 1.165) is 22.4 Å². The van der Waals surface area contributed by atoms with Crippen LogP contribution in [-0.4, -0.2) is 7.11 Å². The van der Waals surface area contributed by atoms with Gasteiger partial charge in [-0.05, 0) is 41.8 Å². The van der Waals surface area contributed by atoms with E-state index in [2.05, 4.69) is 6.07 Å². The summed E-state index contributed by atoms with van der Waals surface area (Å²) in [6, 6.07) is 15.9. The van der Waals surface area contributed by atoms with E-state index >= 15 is 0 Å². The van der Waals surface area contributed by atoms with E-state index in [9.17, 15) is 0 Å². The maximum Gasteiger partial charge on any atom is 0.118 e. The van der Waals surface area contributed by atoms with E-state index in [-0.39, 0.29) is 0 Å². The van der Waals surface area contributed by atoms with Crippen LogP contribution in [0.1, 0.15) is 11.1 Å². The van der Waals surface area contributed by atoms with Gasteiger partial charge in [0.25, 0.3) is 0 Å². The fourth-order valence-corrected chi connectivity index (χ4v) is 1.77. The first-order valence-corrected chi connectivity index (χ1v) is 5.40. The van der Waals surface area contributed by atoms with Crippen LogP contribution < -0.4 is 4.74 Å². The first-order chi connectivity index (χ1) is 8.24. The van der Waals surface area contributed by atoms with E-state index in [0.29, 0.717) is 5.56 Å². The van der Waals surface area contributed by atoms with Crippen molar-refractivity contribution in [2.45, 2.75) is 6.92 Å². The number of aryl methyl sites for hydroxylation is 1.